The predicted octanol–water partition coefficient (Wildman–Crippen LogP) is 2.89. The molecule has 7 heteroatoms. The van der Waals surface area contributed by atoms with Crippen molar-refractivity contribution < 1.29 is 18.4 Å². The van der Waals surface area contributed by atoms with Crippen molar-refractivity contribution >= 4 is 5.69 Å². The molecule has 1 unspecified atom stereocenters. The van der Waals surface area contributed by atoms with Crippen LogP contribution in [0.5, 0.6) is 5.75 Å². The van der Waals surface area contributed by atoms with Crippen molar-refractivity contribution in [3.05, 3.63) is 33.9 Å². The highest BCUT2D eigenvalue weighted by Crippen LogP contribution is 2.26. The number of nitrogens with one attached hydrogen (secondary N) is 1. The van der Waals surface area contributed by atoms with Crippen molar-refractivity contribution in [3.8, 4) is 5.75 Å². The fraction of sp³-hybridized carbons (Fsp3) is 0.538. The molecule has 5 nitrogen and oxygen atoms in total. The molecular formula is C13H18F2N2O3. The van der Waals surface area contributed by atoms with Crippen LogP contribution in [0.4, 0.5) is 14.5 Å². The van der Waals surface area contributed by atoms with Gasteiger partial charge in [0.2, 0.25) is 5.82 Å². The largest absolute Gasteiger partial charge is 0.490 e. The number of rotatable bonds is 8. The van der Waals surface area contributed by atoms with Crippen molar-refractivity contribution in [1.29, 1.82) is 0 Å². The molecule has 0 radical (unpaired) electrons. The molecule has 0 amide bonds. The first-order valence-corrected chi connectivity index (χ1v) is 6.42. The number of nitrogens with zero attached hydrogens (tertiary/aromatic N) is 1. The second kappa shape index (κ2) is 7.74. The summed E-state index contributed by atoms with van der Waals surface area (Å²) in [7, 11) is 0. The lowest BCUT2D eigenvalue weighted by Crippen LogP contribution is -2.25. The number of nitro benzene ring substituents is 1. The van der Waals surface area contributed by atoms with Gasteiger partial charge in [-0.3, -0.25) is 10.1 Å². The minimum Gasteiger partial charge on any atom is -0.490 e. The van der Waals surface area contributed by atoms with Gasteiger partial charge in [-0.1, -0.05) is 13.8 Å². The van der Waals surface area contributed by atoms with Crippen molar-refractivity contribution in [1.82, 2.24) is 5.32 Å². The van der Waals surface area contributed by atoms with Gasteiger partial charge < -0.3 is 10.1 Å². The molecule has 1 aromatic carbocycles. The first kappa shape index (κ1) is 16.3. The Bertz CT molecular complexity index is 469. The quantitative estimate of drug-likeness (QED) is 0.454. The van der Waals surface area contributed by atoms with Crippen LogP contribution in [-0.4, -0.2) is 24.6 Å². The van der Waals surface area contributed by atoms with E-state index in [2.05, 4.69) is 5.32 Å². The van der Waals surface area contributed by atoms with Crippen LogP contribution in [0.3, 0.4) is 0 Å². The van der Waals surface area contributed by atoms with E-state index < -0.39 is 22.2 Å². The van der Waals surface area contributed by atoms with Gasteiger partial charge in [-0.05, 0) is 13.0 Å². The summed E-state index contributed by atoms with van der Waals surface area (Å²) in [5.74, 6) is -2.25. The summed E-state index contributed by atoms with van der Waals surface area (Å²) in [6.45, 7) is 5.73. The highest BCUT2D eigenvalue weighted by atomic mass is 19.1. The highest BCUT2D eigenvalue weighted by molar-refractivity contribution is 5.39. The van der Waals surface area contributed by atoms with Gasteiger partial charge in [0.05, 0.1) is 17.6 Å². The minimum absolute atomic E-state index is 0.110. The molecule has 0 heterocycles. The number of ether oxygens (including phenoxy) is 1. The molecule has 0 aliphatic rings. The average Bonchev–Trinajstić information content (AvgIpc) is 2.39. The van der Waals surface area contributed by atoms with Gasteiger partial charge >= 0.3 is 5.69 Å². The van der Waals surface area contributed by atoms with Gasteiger partial charge in [-0.2, -0.15) is 4.39 Å². The average molecular weight is 288 g/mol. The van der Waals surface area contributed by atoms with Crippen molar-refractivity contribution in [2.75, 3.05) is 19.7 Å². The lowest BCUT2D eigenvalue weighted by Gasteiger charge is -2.14. The predicted molar refractivity (Wildman–Crippen MR) is 70.8 cm³/mol. The molecule has 0 spiro atoms. The van der Waals surface area contributed by atoms with E-state index in [9.17, 15) is 18.9 Å². The first-order chi connectivity index (χ1) is 9.45. The molecule has 1 rings (SSSR count). The maximum Gasteiger partial charge on any atom is 0.307 e. The number of hydrogen-bond acceptors (Lipinski definition) is 4. The van der Waals surface area contributed by atoms with Crippen molar-refractivity contribution in [2.24, 2.45) is 5.92 Å². The van der Waals surface area contributed by atoms with Gasteiger partial charge in [-0.25, -0.2) is 4.39 Å². The van der Waals surface area contributed by atoms with Crippen LogP contribution in [0.25, 0.3) is 0 Å². The molecule has 0 aliphatic heterocycles. The summed E-state index contributed by atoms with van der Waals surface area (Å²) in [4.78, 5) is 9.48. The van der Waals surface area contributed by atoms with E-state index in [1.807, 2.05) is 13.8 Å². The molecule has 0 saturated carbocycles. The number of halogens is 2. The standard InChI is InChI=1S/C13H18F2N2O3/c1-3-4-16-7-9(2)8-20-13-6-10(14)12(17(18)19)5-11(13)15/h5-6,9,16H,3-4,7-8H2,1-2H3. The van der Waals surface area contributed by atoms with Crippen LogP contribution in [0.1, 0.15) is 20.3 Å². The third-order valence-corrected chi connectivity index (χ3v) is 2.64. The Morgan fingerprint density at radius 3 is 2.70 bits per heavy atom. The van der Waals surface area contributed by atoms with Crippen LogP contribution < -0.4 is 10.1 Å². The van der Waals surface area contributed by atoms with E-state index in [1.54, 1.807) is 0 Å². The summed E-state index contributed by atoms with van der Waals surface area (Å²) in [6, 6.07) is 1.24. The number of hydrogen-bond donors (Lipinski definition) is 1. The molecule has 0 bridgehead atoms. The summed E-state index contributed by atoms with van der Waals surface area (Å²) in [5.41, 5.74) is -0.896. The maximum atomic E-state index is 13.5. The van der Waals surface area contributed by atoms with Crippen molar-refractivity contribution in [3.63, 3.8) is 0 Å². The maximum absolute atomic E-state index is 13.5. The molecule has 112 valence electrons. The lowest BCUT2D eigenvalue weighted by atomic mass is 10.2. The Morgan fingerprint density at radius 1 is 1.40 bits per heavy atom. The third kappa shape index (κ3) is 4.73. The van der Waals surface area contributed by atoms with Crippen molar-refractivity contribution in [2.45, 2.75) is 20.3 Å². The van der Waals surface area contributed by atoms with E-state index in [1.165, 1.54) is 0 Å². The molecule has 1 atom stereocenters. The molecule has 0 aliphatic carbocycles. The molecule has 1 N–H and O–H groups in total. The van der Waals surface area contributed by atoms with Crippen LogP contribution in [0, 0.1) is 27.7 Å². The zero-order valence-electron chi connectivity index (χ0n) is 11.5. The Morgan fingerprint density at radius 2 is 2.10 bits per heavy atom. The smallest absolute Gasteiger partial charge is 0.307 e. The number of benzene rings is 1. The molecule has 0 fully saturated rings. The summed E-state index contributed by atoms with van der Waals surface area (Å²) in [6.07, 6.45) is 1.01. The number of nitro groups is 1. The van der Waals surface area contributed by atoms with Gasteiger partial charge in [0.15, 0.2) is 11.6 Å². The fourth-order valence-corrected chi connectivity index (χ4v) is 1.58. The zero-order valence-corrected chi connectivity index (χ0v) is 11.5. The van der Waals surface area contributed by atoms with E-state index in [0.717, 1.165) is 13.0 Å². The van der Waals surface area contributed by atoms with E-state index in [4.69, 9.17) is 4.74 Å². The second-order valence-corrected chi connectivity index (χ2v) is 4.61. The van der Waals surface area contributed by atoms with Crippen LogP contribution >= 0.6 is 0 Å². The SMILES string of the molecule is CCCNCC(C)COc1cc(F)c([N+](=O)[O-])cc1F. The van der Waals surface area contributed by atoms with Crippen LogP contribution in [0.2, 0.25) is 0 Å². The highest BCUT2D eigenvalue weighted by Gasteiger charge is 2.19. The second-order valence-electron chi connectivity index (χ2n) is 4.61. The summed E-state index contributed by atoms with van der Waals surface area (Å²) >= 11 is 0. The van der Waals surface area contributed by atoms with E-state index >= 15 is 0 Å². The molecule has 20 heavy (non-hydrogen) atoms. The van der Waals surface area contributed by atoms with Gasteiger partial charge in [0, 0.05) is 18.5 Å². The lowest BCUT2D eigenvalue weighted by molar-refractivity contribution is -0.387. The zero-order chi connectivity index (χ0) is 15.1. The summed E-state index contributed by atoms with van der Waals surface area (Å²) < 4.78 is 32.1. The molecule has 1 aromatic rings. The Kier molecular flexibility index (Phi) is 6.30. The van der Waals surface area contributed by atoms with Crippen LogP contribution in [-0.2, 0) is 0 Å². The molecule has 0 aromatic heterocycles. The summed E-state index contributed by atoms with van der Waals surface area (Å²) in [5, 5.41) is 13.6. The van der Waals surface area contributed by atoms with Crippen LogP contribution in [0.15, 0.2) is 12.1 Å². The Balaban J connectivity index is 2.60. The van der Waals surface area contributed by atoms with Gasteiger partial charge in [0.1, 0.15) is 0 Å². The third-order valence-electron chi connectivity index (χ3n) is 2.64. The van der Waals surface area contributed by atoms with Gasteiger partial charge in [-0.15, -0.1) is 0 Å². The Labute approximate surface area is 116 Å². The topological polar surface area (TPSA) is 64.4 Å². The monoisotopic (exact) mass is 288 g/mol. The minimum atomic E-state index is -1.11. The normalized spacial score (nSPS) is 12.2. The first-order valence-electron chi connectivity index (χ1n) is 6.42. The molecular weight excluding hydrogens is 270 g/mol. The van der Waals surface area contributed by atoms with Gasteiger partial charge in [0.25, 0.3) is 0 Å². The van der Waals surface area contributed by atoms with E-state index in [0.29, 0.717) is 18.7 Å². The Hall–Kier alpha value is -1.76. The van der Waals surface area contributed by atoms with E-state index in [-0.39, 0.29) is 18.3 Å². The fourth-order valence-electron chi connectivity index (χ4n) is 1.58. The molecule has 0 saturated heterocycles.